The number of aliphatic hydroxyl groups is 1. The number of esters is 2. The molecule has 0 spiro atoms. The van der Waals surface area contributed by atoms with Crippen LogP contribution in [-0.2, 0) is 19.1 Å². The fourth-order valence-corrected chi connectivity index (χ4v) is 9.41. The number of carbonyl (C=O) groups is 2. The SMILES string of the molecule is CC/C=C\C/C=C\C/C=C\C/C=C\C/C=C\CCCCCCCC(=O)OC(CO)COC(=O)CCCCCCCCCCCCCCCCCCCCCCCCCCCCCCCCCCCCCC. The number of rotatable bonds is 58. The zero-order valence-corrected chi connectivity index (χ0v) is 47.5. The lowest BCUT2D eigenvalue weighted by Crippen LogP contribution is -2.28. The zero-order valence-electron chi connectivity index (χ0n) is 47.5. The van der Waals surface area contributed by atoms with Crippen LogP contribution in [0.3, 0.4) is 0 Å². The van der Waals surface area contributed by atoms with Gasteiger partial charge in [0.05, 0.1) is 6.61 Å². The van der Waals surface area contributed by atoms with E-state index in [-0.39, 0.29) is 25.2 Å². The molecule has 0 aromatic carbocycles. The number of hydrogen-bond donors (Lipinski definition) is 1. The quantitative estimate of drug-likeness (QED) is 0.0373. The van der Waals surface area contributed by atoms with Crippen LogP contribution in [0.15, 0.2) is 60.8 Å². The van der Waals surface area contributed by atoms with Gasteiger partial charge in [-0.1, -0.05) is 319 Å². The van der Waals surface area contributed by atoms with Crippen molar-refractivity contribution in [2.24, 2.45) is 0 Å². The van der Waals surface area contributed by atoms with E-state index in [0.717, 1.165) is 89.9 Å². The second-order valence-corrected chi connectivity index (χ2v) is 21.1. The van der Waals surface area contributed by atoms with Crippen molar-refractivity contribution in [2.45, 2.75) is 335 Å². The van der Waals surface area contributed by atoms with Crippen LogP contribution in [-0.4, -0.2) is 36.4 Å². The minimum Gasteiger partial charge on any atom is -0.462 e. The van der Waals surface area contributed by atoms with Crippen LogP contribution in [0.2, 0.25) is 0 Å². The highest BCUT2D eigenvalue weighted by molar-refractivity contribution is 5.70. The molecule has 0 amide bonds. The Hall–Kier alpha value is -2.40. The largest absolute Gasteiger partial charge is 0.462 e. The van der Waals surface area contributed by atoms with Crippen molar-refractivity contribution in [3.8, 4) is 0 Å². The Morgan fingerprint density at radius 2 is 0.606 bits per heavy atom. The summed E-state index contributed by atoms with van der Waals surface area (Å²) in [6.45, 7) is 4.05. The summed E-state index contributed by atoms with van der Waals surface area (Å²) in [5, 5.41) is 9.66. The minimum absolute atomic E-state index is 0.0728. The summed E-state index contributed by atoms with van der Waals surface area (Å²) in [6, 6.07) is 0. The fourth-order valence-electron chi connectivity index (χ4n) is 9.41. The van der Waals surface area contributed by atoms with Gasteiger partial charge in [0.2, 0.25) is 0 Å². The van der Waals surface area contributed by atoms with Gasteiger partial charge in [0.15, 0.2) is 6.10 Å². The molecule has 0 bridgehead atoms. The molecule has 1 N–H and O–H groups in total. The first kappa shape index (κ1) is 68.6. The summed E-state index contributed by atoms with van der Waals surface area (Å²) in [6.07, 6.45) is 83.8. The Morgan fingerprint density at radius 1 is 0.338 bits per heavy atom. The van der Waals surface area contributed by atoms with Crippen molar-refractivity contribution in [2.75, 3.05) is 13.2 Å². The van der Waals surface area contributed by atoms with Crippen LogP contribution >= 0.6 is 0 Å². The van der Waals surface area contributed by atoms with Gasteiger partial charge in [-0.05, 0) is 57.8 Å². The summed E-state index contributed by atoms with van der Waals surface area (Å²) in [5.74, 6) is -0.601. The Labute approximate surface area is 442 Å². The van der Waals surface area contributed by atoms with Crippen molar-refractivity contribution < 1.29 is 24.2 Å². The van der Waals surface area contributed by atoms with Gasteiger partial charge in [-0.25, -0.2) is 0 Å². The molecule has 71 heavy (non-hydrogen) atoms. The molecular formula is C66H120O5. The van der Waals surface area contributed by atoms with E-state index in [1.807, 2.05) is 0 Å². The van der Waals surface area contributed by atoms with Gasteiger partial charge < -0.3 is 14.6 Å². The molecule has 414 valence electrons. The highest BCUT2D eigenvalue weighted by Crippen LogP contribution is 2.18. The first-order valence-corrected chi connectivity index (χ1v) is 31.3. The van der Waals surface area contributed by atoms with Crippen LogP contribution in [0, 0.1) is 0 Å². The lowest BCUT2D eigenvalue weighted by atomic mass is 10.0. The maximum absolute atomic E-state index is 12.3. The average molecular weight is 994 g/mol. The normalized spacial score (nSPS) is 12.5. The molecule has 0 aromatic heterocycles. The lowest BCUT2D eigenvalue weighted by molar-refractivity contribution is -0.161. The van der Waals surface area contributed by atoms with E-state index in [1.165, 1.54) is 212 Å². The third-order valence-electron chi connectivity index (χ3n) is 14.1. The summed E-state index contributed by atoms with van der Waals surface area (Å²) in [4.78, 5) is 24.5. The summed E-state index contributed by atoms with van der Waals surface area (Å²) in [7, 11) is 0. The molecule has 1 unspecified atom stereocenters. The van der Waals surface area contributed by atoms with E-state index in [4.69, 9.17) is 9.47 Å². The van der Waals surface area contributed by atoms with Gasteiger partial charge in [0, 0.05) is 12.8 Å². The Morgan fingerprint density at radius 3 is 0.915 bits per heavy atom. The smallest absolute Gasteiger partial charge is 0.306 e. The molecule has 0 saturated heterocycles. The van der Waals surface area contributed by atoms with E-state index in [2.05, 4.69) is 74.6 Å². The number of carbonyl (C=O) groups excluding carboxylic acids is 2. The number of aliphatic hydroxyl groups excluding tert-OH is 1. The lowest BCUT2D eigenvalue weighted by Gasteiger charge is -2.15. The maximum atomic E-state index is 12.3. The minimum atomic E-state index is -0.784. The molecule has 0 aliphatic carbocycles. The van der Waals surface area contributed by atoms with Gasteiger partial charge >= 0.3 is 11.9 Å². The van der Waals surface area contributed by atoms with E-state index in [0.29, 0.717) is 12.8 Å². The van der Waals surface area contributed by atoms with Gasteiger partial charge in [-0.15, -0.1) is 0 Å². The van der Waals surface area contributed by atoms with E-state index in [9.17, 15) is 14.7 Å². The monoisotopic (exact) mass is 993 g/mol. The van der Waals surface area contributed by atoms with Gasteiger partial charge in [-0.2, -0.15) is 0 Å². The molecule has 0 aliphatic heterocycles. The van der Waals surface area contributed by atoms with Crippen molar-refractivity contribution in [1.29, 1.82) is 0 Å². The first-order valence-electron chi connectivity index (χ1n) is 31.3. The van der Waals surface area contributed by atoms with Gasteiger partial charge in [0.25, 0.3) is 0 Å². The highest BCUT2D eigenvalue weighted by Gasteiger charge is 2.16. The van der Waals surface area contributed by atoms with Crippen LogP contribution in [0.25, 0.3) is 0 Å². The Balaban J connectivity index is 3.41. The Kier molecular flexibility index (Phi) is 59.8. The van der Waals surface area contributed by atoms with E-state index >= 15 is 0 Å². The maximum Gasteiger partial charge on any atom is 0.306 e. The van der Waals surface area contributed by atoms with Crippen molar-refractivity contribution in [3.63, 3.8) is 0 Å². The number of ether oxygens (including phenoxy) is 2. The third kappa shape index (κ3) is 60.1. The van der Waals surface area contributed by atoms with E-state index in [1.54, 1.807) is 0 Å². The molecule has 0 saturated carbocycles. The van der Waals surface area contributed by atoms with Crippen LogP contribution in [0.1, 0.15) is 328 Å². The van der Waals surface area contributed by atoms with Crippen molar-refractivity contribution in [1.82, 2.24) is 0 Å². The molecule has 0 fully saturated rings. The van der Waals surface area contributed by atoms with Crippen molar-refractivity contribution in [3.05, 3.63) is 60.8 Å². The summed E-state index contributed by atoms with van der Waals surface area (Å²) >= 11 is 0. The van der Waals surface area contributed by atoms with Crippen LogP contribution in [0.5, 0.6) is 0 Å². The first-order chi connectivity index (χ1) is 35.1. The third-order valence-corrected chi connectivity index (χ3v) is 14.1. The number of unbranched alkanes of at least 4 members (excludes halogenated alkanes) is 40. The Bertz CT molecular complexity index is 1210. The molecule has 1 atom stereocenters. The molecule has 5 heteroatoms. The number of hydrogen-bond acceptors (Lipinski definition) is 5. The molecular weight excluding hydrogens is 873 g/mol. The predicted molar refractivity (Wildman–Crippen MR) is 311 cm³/mol. The average Bonchev–Trinajstić information content (AvgIpc) is 3.37. The van der Waals surface area contributed by atoms with Gasteiger partial charge in [-0.3, -0.25) is 9.59 Å². The predicted octanol–water partition coefficient (Wildman–Crippen LogP) is 21.4. The molecule has 0 aliphatic rings. The molecule has 0 heterocycles. The van der Waals surface area contributed by atoms with Crippen LogP contribution < -0.4 is 0 Å². The molecule has 5 nitrogen and oxygen atoms in total. The molecule has 0 radical (unpaired) electrons. The van der Waals surface area contributed by atoms with Crippen molar-refractivity contribution >= 4 is 11.9 Å². The summed E-state index contributed by atoms with van der Waals surface area (Å²) in [5.41, 5.74) is 0. The molecule has 0 rings (SSSR count). The fraction of sp³-hybridized carbons (Fsp3) is 0.818. The number of allylic oxidation sites excluding steroid dienone is 10. The zero-order chi connectivity index (χ0) is 51.3. The second-order valence-electron chi connectivity index (χ2n) is 21.1. The molecule has 0 aromatic rings. The highest BCUT2D eigenvalue weighted by atomic mass is 16.6. The summed E-state index contributed by atoms with van der Waals surface area (Å²) < 4.78 is 10.7. The second kappa shape index (κ2) is 61.9. The van der Waals surface area contributed by atoms with E-state index < -0.39 is 6.10 Å². The topological polar surface area (TPSA) is 72.8 Å². The standard InChI is InChI=1S/C66H120O5/c1-3-5-7-9-11-13-15-17-19-21-23-25-26-27-28-29-30-31-32-33-34-35-36-37-38-39-41-42-44-46-48-50-52-54-56-58-60-65(68)70-63-64(62-67)71-66(69)61-59-57-55-53-51-49-47-45-43-40-24-22-20-18-16-14-12-10-8-6-4-2/h6,8,12,14,18,20,24,40,45,47,64,67H,3-5,7,9-11,13,15-17,19,21-23,25-39,41-44,46,48-63H2,1-2H3/b8-6-,14-12-,20-18-,40-24-,47-45-. The van der Waals surface area contributed by atoms with Gasteiger partial charge in [0.1, 0.15) is 6.61 Å². The van der Waals surface area contributed by atoms with Crippen LogP contribution in [0.4, 0.5) is 0 Å².